The number of carbonyl (C=O) groups excluding carboxylic acids is 1. The van der Waals surface area contributed by atoms with Crippen LogP contribution in [0.25, 0.3) is 0 Å². The number of rotatable bonds is 7. The van der Waals surface area contributed by atoms with Gasteiger partial charge in [0.25, 0.3) is 0 Å². The van der Waals surface area contributed by atoms with Gasteiger partial charge in [0, 0.05) is 6.54 Å². The summed E-state index contributed by atoms with van der Waals surface area (Å²) in [4.78, 5) is 11.7. The highest BCUT2D eigenvalue weighted by Gasteiger charge is 2.10. The fourth-order valence-corrected chi connectivity index (χ4v) is 1.76. The van der Waals surface area contributed by atoms with Crippen molar-refractivity contribution < 1.29 is 19.0 Å². The molecule has 1 atom stereocenters. The van der Waals surface area contributed by atoms with E-state index in [9.17, 15) is 14.3 Å². The van der Waals surface area contributed by atoms with E-state index in [-0.39, 0.29) is 24.0 Å². The second-order valence-electron chi connectivity index (χ2n) is 5.10. The first kappa shape index (κ1) is 16.4. The molecule has 1 unspecified atom stereocenters. The van der Waals surface area contributed by atoms with Gasteiger partial charge in [0.2, 0.25) is 5.91 Å². The van der Waals surface area contributed by atoms with Crippen molar-refractivity contribution >= 4 is 5.91 Å². The Morgan fingerprint density at radius 2 is 2.15 bits per heavy atom. The van der Waals surface area contributed by atoms with E-state index in [0.29, 0.717) is 18.5 Å². The van der Waals surface area contributed by atoms with Crippen molar-refractivity contribution in [2.45, 2.75) is 32.8 Å². The van der Waals surface area contributed by atoms with Gasteiger partial charge in [0.05, 0.1) is 19.6 Å². The average molecular weight is 283 g/mol. The molecule has 0 heterocycles. The molecule has 0 aliphatic rings. The van der Waals surface area contributed by atoms with Gasteiger partial charge in [-0.2, -0.15) is 0 Å². The molecule has 0 aromatic heterocycles. The van der Waals surface area contributed by atoms with E-state index >= 15 is 0 Å². The van der Waals surface area contributed by atoms with Crippen LogP contribution >= 0.6 is 0 Å². The lowest BCUT2D eigenvalue weighted by atomic mass is 10.0. The van der Waals surface area contributed by atoms with Gasteiger partial charge >= 0.3 is 0 Å². The normalized spacial score (nSPS) is 12.3. The van der Waals surface area contributed by atoms with Crippen LogP contribution in [0.5, 0.6) is 5.75 Å². The highest BCUT2D eigenvalue weighted by atomic mass is 19.1. The van der Waals surface area contributed by atoms with Crippen LogP contribution in [0.2, 0.25) is 0 Å². The van der Waals surface area contributed by atoms with Gasteiger partial charge < -0.3 is 15.2 Å². The molecule has 0 spiro atoms. The van der Waals surface area contributed by atoms with E-state index in [0.717, 1.165) is 0 Å². The maximum atomic E-state index is 13.5. The molecule has 0 fully saturated rings. The molecule has 0 saturated heterocycles. The zero-order valence-electron chi connectivity index (χ0n) is 12.1. The summed E-state index contributed by atoms with van der Waals surface area (Å²) in [5.74, 6) is -0.338. The summed E-state index contributed by atoms with van der Waals surface area (Å²) < 4.78 is 18.3. The third-order valence-corrected chi connectivity index (χ3v) is 3.11. The Hall–Kier alpha value is -1.62. The number of ether oxygens (including phenoxy) is 1. The van der Waals surface area contributed by atoms with Gasteiger partial charge in [-0.25, -0.2) is 4.39 Å². The van der Waals surface area contributed by atoms with Crippen molar-refractivity contribution in [2.75, 3.05) is 13.7 Å². The van der Waals surface area contributed by atoms with Crippen molar-refractivity contribution in [3.63, 3.8) is 0 Å². The molecular weight excluding hydrogens is 261 g/mol. The summed E-state index contributed by atoms with van der Waals surface area (Å²) >= 11 is 0. The Labute approximate surface area is 119 Å². The molecule has 1 aromatic rings. The molecule has 112 valence electrons. The lowest BCUT2D eigenvalue weighted by Crippen LogP contribution is -2.29. The first-order chi connectivity index (χ1) is 9.43. The van der Waals surface area contributed by atoms with Crippen LogP contribution in [-0.2, 0) is 11.2 Å². The van der Waals surface area contributed by atoms with Crippen molar-refractivity contribution in [2.24, 2.45) is 5.92 Å². The SMILES string of the molecule is COc1ccc(CC(=O)NCCC(O)C(C)C)cc1F. The second kappa shape index (κ2) is 7.85. The quantitative estimate of drug-likeness (QED) is 0.803. The summed E-state index contributed by atoms with van der Waals surface area (Å²) in [6, 6.07) is 4.45. The number of halogens is 1. The summed E-state index contributed by atoms with van der Waals surface area (Å²) in [6.45, 7) is 4.26. The van der Waals surface area contributed by atoms with E-state index in [1.165, 1.54) is 19.2 Å². The highest BCUT2D eigenvalue weighted by Crippen LogP contribution is 2.17. The fourth-order valence-electron chi connectivity index (χ4n) is 1.76. The molecule has 0 aliphatic heterocycles. The first-order valence-electron chi connectivity index (χ1n) is 6.71. The summed E-state index contributed by atoms with van der Waals surface area (Å²) in [5, 5.41) is 12.3. The monoisotopic (exact) mass is 283 g/mol. The number of benzene rings is 1. The van der Waals surface area contributed by atoms with Gasteiger partial charge in [0.15, 0.2) is 11.6 Å². The van der Waals surface area contributed by atoms with Crippen LogP contribution in [0.3, 0.4) is 0 Å². The topological polar surface area (TPSA) is 58.6 Å². The van der Waals surface area contributed by atoms with E-state index in [1.54, 1.807) is 6.07 Å². The average Bonchev–Trinajstić information content (AvgIpc) is 2.38. The number of aliphatic hydroxyl groups is 1. The second-order valence-corrected chi connectivity index (χ2v) is 5.10. The van der Waals surface area contributed by atoms with E-state index in [2.05, 4.69) is 5.32 Å². The van der Waals surface area contributed by atoms with Crippen molar-refractivity contribution in [1.82, 2.24) is 5.32 Å². The van der Waals surface area contributed by atoms with Crippen LogP contribution in [0, 0.1) is 11.7 Å². The van der Waals surface area contributed by atoms with E-state index in [1.807, 2.05) is 13.8 Å². The maximum absolute atomic E-state index is 13.5. The van der Waals surface area contributed by atoms with E-state index in [4.69, 9.17) is 4.74 Å². The van der Waals surface area contributed by atoms with Gasteiger partial charge in [-0.3, -0.25) is 4.79 Å². The number of methoxy groups -OCH3 is 1. The standard InChI is InChI=1S/C15H22FNO3/c1-10(2)13(18)6-7-17-15(19)9-11-4-5-14(20-3)12(16)8-11/h4-5,8,10,13,18H,6-7,9H2,1-3H3,(H,17,19). The molecule has 0 radical (unpaired) electrons. The number of carbonyl (C=O) groups is 1. The number of amides is 1. The summed E-state index contributed by atoms with van der Waals surface area (Å²) in [5.41, 5.74) is 0.588. The molecule has 0 aliphatic carbocycles. The minimum Gasteiger partial charge on any atom is -0.494 e. The molecular formula is C15H22FNO3. The Morgan fingerprint density at radius 3 is 2.70 bits per heavy atom. The van der Waals surface area contributed by atoms with Crippen LogP contribution < -0.4 is 10.1 Å². The van der Waals surface area contributed by atoms with Gasteiger partial charge in [-0.05, 0) is 30.0 Å². The Morgan fingerprint density at radius 1 is 1.45 bits per heavy atom. The van der Waals surface area contributed by atoms with E-state index < -0.39 is 11.9 Å². The van der Waals surface area contributed by atoms with Gasteiger partial charge in [0.1, 0.15) is 0 Å². The summed E-state index contributed by atoms with van der Waals surface area (Å²) in [6.07, 6.45) is 0.202. The Balaban J connectivity index is 2.41. The third-order valence-electron chi connectivity index (χ3n) is 3.11. The van der Waals surface area contributed by atoms with Gasteiger partial charge in [-0.15, -0.1) is 0 Å². The molecule has 4 nitrogen and oxygen atoms in total. The smallest absolute Gasteiger partial charge is 0.224 e. The molecule has 5 heteroatoms. The third kappa shape index (κ3) is 5.17. The largest absolute Gasteiger partial charge is 0.494 e. The molecule has 1 aromatic carbocycles. The predicted octanol–water partition coefficient (Wildman–Crippen LogP) is 1.90. The van der Waals surface area contributed by atoms with Crippen molar-refractivity contribution in [3.8, 4) is 5.75 Å². The lowest BCUT2D eigenvalue weighted by Gasteiger charge is -2.14. The molecule has 0 bridgehead atoms. The van der Waals surface area contributed by atoms with Crippen LogP contribution in [0.1, 0.15) is 25.8 Å². The van der Waals surface area contributed by atoms with Crippen LogP contribution in [-0.4, -0.2) is 30.8 Å². The Kier molecular flexibility index (Phi) is 6.45. The number of hydrogen-bond acceptors (Lipinski definition) is 3. The van der Waals surface area contributed by atoms with Crippen molar-refractivity contribution in [3.05, 3.63) is 29.6 Å². The van der Waals surface area contributed by atoms with Gasteiger partial charge in [-0.1, -0.05) is 19.9 Å². The summed E-state index contributed by atoms with van der Waals surface area (Å²) in [7, 11) is 1.39. The number of hydrogen-bond donors (Lipinski definition) is 2. The maximum Gasteiger partial charge on any atom is 0.224 e. The zero-order chi connectivity index (χ0) is 15.1. The van der Waals surface area contributed by atoms with Crippen LogP contribution in [0.4, 0.5) is 4.39 Å². The molecule has 0 saturated carbocycles. The molecule has 1 amide bonds. The fraction of sp³-hybridized carbons (Fsp3) is 0.533. The minimum atomic E-state index is -0.479. The molecule has 20 heavy (non-hydrogen) atoms. The van der Waals surface area contributed by atoms with Crippen molar-refractivity contribution in [1.29, 1.82) is 0 Å². The molecule has 1 rings (SSSR count). The predicted molar refractivity (Wildman–Crippen MR) is 75.1 cm³/mol. The lowest BCUT2D eigenvalue weighted by molar-refractivity contribution is -0.120. The first-order valence-corrected chi connectivity index (χ1v) is 6.71. The highest BCUT2D eigenvalue weighted by molar-refractivity contribution is 5.78. The number of nitrogens with one attached hydrogen (secondary N) is 1. The van der Waals surface area contributed by atoms with Crippen LogP contribution in [0.15, 0.2) is 18.2 Å². The number of aliphatic hydroxyl groups excluding tert-OH is 1. The zero-order valence-corrected chi connectivity index (χ0v) is 12.1. The molecule has 2 N–H and O–H groups in total. The minimum absolute atomic E-state index is 0.110. The Bertz CT molecular complexity index is 449.